The predicted octanol–water partition coefficient (Wildman–Crippen LogP) is 3.90. The van der Waals surface area contributed by atoms with Crippen molar-refractivity contribution in [1.82, 2.24) is 9.38 Å². The summed E-state index contributed by atoms with van der Waals surface area (Å²) in [6, 6.07) is 11.8. The van der Waals surface area contributed by atoms with Crippen molar-refractivity contribution >= 4 is 17.2 Å². The van der Waals surface area contributed by atoms with Crippen molar-refractivity contribution in [2.75, 3.05) is 5.32 Å². The molecule has 2 heterocycles. The molecule has 1 N–H and O–H groups in total. The minimum Gasteiger partial charge on any atom is -0.326 e. The summed E-state index contributed by atoms with van der Waals surface area (Å²) in [7, 11) is 0. The largest absolute Gasteiger partial charge is 0.326 e. The molecule has 22 heavy (non-hydrogen) atoms. The molecular weight excluding hydrogens is 274 g/mol. The average Bonchev–Trinajstić information content (AvgIpc) is 2.93. The quantitative estimate of drug-likeness (QED) is 0.796. The van der Waals surface area contributed by atoms with E-state index >= 15 is 0 Å². The van der Waals surface area contributed by atoms with E-state index in [1.165, 1.54) is 0 Å². The summed E-state index contributed by atoms with van der Waals surface area (Å²) >= 11 is 0. The second-order valence-corrected chi connectivity index (χ2v) is 5.77. The number of nitrogens with zero attached hydrogens (tertiary/aromatic N) is 2. The van der Waals surface area contributed by atoms with Gasteiger partial charge in [0.25, 0.3) is 0 Å². The number of anilines is 1. The zero-order valence-corrected chi connectivity index (χ0v) is 13.0. The van der Waals surface area contributed by atoms with E-state index in [9.17, 15) is 4.79 Å². The summed E-state index contributed by atoms with van der Waals surface area (Å²) in [5.41, 5.74) is 4.77. The summed E-state index contributed by atoms with van der Waals surface area (Å²) in [6.07, 6.45) is 3.99. The summed E-state index contributed by atoms with van der Waals surface area (Å²) in [6.45, 7) is 5.81. The molecule has 4 heteroatoms. The zero-order chi connectivity index (χ0) is 15.7. The van der Waals surface area contributed by atoms with E-state index in [0.717, 1.165) is 28.2 Å². The Balaban J connectivity index is 1.97. The highest BCUT2D eigenvalue weighted by molar-refractivity contribution is 5.92. The van der Waals surface area contributed by atoms with Gasteiger partial charge in [0, 0.05) is 29.6 Å². The standard InChI is InChI=1S/C18H19N3O/c1-12(2)18(22)19-15-8-4-7-14(10-15)16-11-21-9-5-6-13(3)17(21)20-16/h4-12H,1-3H3,(H,19,22). The van der Waals surface area contributed by atoms with Crippen LogP contribution in [0.5, 0.6) is 0 Å². The van der Waals surface area contributed by atoms with Crippen LogP contribution in [0.2, 0.25) is 0 Å². The summed E-state index contributed by atoms with van der Waals surface area (Å²) in [5.74, 6) is -0.0236. The Morgan fingerprint density at radius 2 is 2.05 bits per heavy atom. The highest BCUT2D eigenvalue weighted by atomic mass is 16.1. The van der Waals surface area contributed by atoms with Gasteiger partial charge in [-0.25, -0.2) is 4.98 Å². The van der Waals surface area contributed by atoms with Gasteiger partial charge in [-0.2, -0.15) is 0 Å². The van der Waals surface area contributed by atoms with Crippen LogP contribution in [0.3, 0.4) is 0 Å². The molecule has 1 amide bonds. The number of carbonyl (C=O) groups is 1. The number of imidazole rings is 1. The van der Waals surface area contributed by atoms with Crippen LogP contribution in [-0.2, 0) is 4.79 Å². The van der Waals surface area contributed by atoms with Crippen molar-refractivity contribution in [3.8, 4) is 11.3 Å². The van der Waals surface area contributed by atoms with Gasteiger partial charge in [-0.15, -0.1) is 0 Å². The zero-order valence-electron chi connectivity index (χ0n) is 13.0. The third-order valence-corrected chi connectivity index (χ3v) is 3.63. The number of fused-ring (bicyclic) bond motifs is 1. The smallest absolute Gasteiger partial charge is 0.226 e. The van der Waals surface area contributed by atoms with Gasteiger partial charge >= 0.3 is 0 Å². The molecule has 3 aromatic rings. The normalized spacial score (nSPS) is 11.1. The van der Waals surface area contributed by atoms with E-state index in [-0.39, 0.29) is 11.8 Å². The van der Waals surface area contributed by atoms with Crippen molar-refractivity contribution < 1.29 is 4.79 Å². The van der Waals surface area contributed by atoms with Crippen LogP contribution in [0.15, 0.2) is 48.8 Å². The fraction of sp³-hybridized carbons (Fsp3) is 0.222. The number of pyridine rings is 1. The maximum absolute atomic E-state index is 11.8. The first kappa shape index (κ1) is 14.3. The van der Waals surface area contributed by atoms with Crippen LogP contribution in [0, 0.1) is 12.8 Å². The van der Waals surface area contributed by atoms with Gasteiger partial charge in [0.2, 0.25) is 5.91 Å². The van der Waals surface area contributed by atoms with Crippen LogP contribution >= 0.6 is 0 Å². The first-order valence-electron chi connectivity index (χ1n) is 7.40. The molecule has 0 fully saturated rings. The Morgan fingerprint density at radius 1 is 1.23 bits per heavy atom. The van der Waals surface area contributed by atoms with Crippen molar-refractivity contribution in [2.24, 2.45) is 5.92 Å². The third kappa shape index (κ3) is 2.72. The van der Waals surface area contributed by atoms with Gasteiger partial charge in [0.1, 0.15) is 5.65 Å². The number of carbonyl (C=O) groups excluding carboxylic acids is 1. The molecule has 0 bridgehead atoms. The maximum atomic E-state index is 11.8. The molecule has 0 aliphatic heterocycles. The number of hydrogen-bond acceptors (Lipinski definition) is 2. The second-order valence-electron chi connectivity index (χ2n) is 5.77. The lowest BCUT2D eigenvalue weighted by Gasteiger charge is -2.08. The van der Waals surface area contributed by atoms with Crippen LogP contribution in [0.1, 0.15) is 19.4 Å². The second kappa shape index (κ2) is 5.64. The molecule has 0 aliphatic rings. The Bertz CT molecular complexity index is 833. The van der Waals surface area contributed by atoms with E-state index in [4.69, 9.17) is 0 Å². The fourth-order valence-corrected chi connectivity index (χ4v) is 2.34. The topological polar surface area (TPSA) is 46.4 Å². The molecule has 0 spiro atoms. The molecule has 112 valence electrons. The minimum absolute atomic E-state index is 0.0167. The minimum atomic E-state index is -0.0403. The highest BCUT2D eigenvalue weighted by Crippen LogP contribution is 2.23. The molecule has 0 radical (unpaired) electrons. The maximum Gasteiger partial charge on any atom is 0.226 e. The first-order chi connectivity index (χ1) is 10.5. The van der Waals surface area contributed by atoms with Crippen molar-refractivity contribution in [2.45, 2.75) is 20.8 Å². The van der Waals surface area contributed by atoms with E-state index in [1.807, 2.05) is 74.0 Å². The average molecular weight is 293 g/mol. The molecule has 0 saturated carbocycles. The van der Waals surface area contributed by atoms with E-state index < -0.39 is 0 Å². The van der Waals surface area contributed by atoms with Gasteiger partial charge in [0.05, 0.1) is 5.69 Å². The SMILES string of the molecule is Cc1cccn2cc(-c3cccc(NC(=O)C(C)C)c3)nc12. The molecule has 2 aromatic heterocycles. The first-order valence-corrected chi connectivity index (χ1v) is 7.40. The van der Waals surface area contributed by atoms with Gasteiger partial charge in [-0.3, -0.25) is 4.79 Å². The van der Waals surface area contributed by atoms with Gasteiger partial charge < -0.3 is 9.72 Å². The number of rotatable bonds is 3. The molecule has 3 rings (SSSR count). The number of nitrogens with one attached hydrogen (secondary N) is 1. The fourth-order valence-electron chi connectivity index (χ4n) is 2.34. The summed E-state index contributed by atoms with van der Waals surface area (Å²) in [5, 5.41) is 2.92. The predicted molar refractivity (Wildman–Crippen MR) is 88.8 cm³/mol. The van der Waals surface area contributed by atoms with Crippen LogP contribution in [0.4, 0.5) is 5.69 Å². The van der Waals surface area contributed by atoms with E-state index in [1.54, 1.807) is 0 Å². The van der Waals surface area contributed by atoms with Crippen molar-refractivity contribution in [3.63, 3.8) is 0 Å². The monoisotopic (exact) mass is 293 g/mol. The Kier molecular flexibility index (Phi) is 3.67. The van der Waals surface area contributed by atoms with Crippen molar-refractivity contribution in [1.29, 1.82) is 0 Å². The van der Waals surface area contributed by atoms with E-state index in [2.05, 4.69) is 10.3 Å². The van der Waals surface area contributed by atoms with Crippen LogP contribution in [0.25, 0.3) is 16.9 Å². The van der Waals surface area contributed by atoms with E-state index in [0.29, 0.717) is 0 Å². The Hall–Kier alpha value is -2.62. The van der Waals surface area contributed by atoms with Gasteiger partial charge in [-0.1, -0.05) is 32.0 Å². The Morgan fingerprint density at radius 3 is 2.77 bits per heavy atom. The van der Waals surface area contributed by atoms with Crippen molar-refractivity contribution in [3.05, 3.63) is 54.4 Å². The van der Waals surface area contributed by atoms with Gasteiger partial charge in [0.15, 0.2) is 0 Å². The summed E-state index contributed by atoms with van der Waals surface area (Å²) in [4.78, 5) is 16.5. The number of hydrogen-bond donors (Lipinski definition) is 1. The van der Waals surface area contributed by atoms with Crippen LogP contribution in [-0.4, -0.2) is 15.3 Å². The van der Waals surface area contributed by atoms with Gasteiger partial charge in [-0.05, 0) is 30.7 Å². The lowest BCUT2D eigenvalue weighted by atomic mass is 10.1. The summed E-state index contributed by atoms with van der Waals surface area (Å²) < 4.78 is 2.02. The number of amides is 1. The third-order valence-electron chi connectivity index (χ3n) is 3.63. The molecule has 1 aromatic carbocycles. The number of aromatic nitrogens is 2. The molecule has 0 saturated heterocycles. The molecule has 0 aliphatic carbocycles. The molecule has 0 atom stereocenters. The van der Waals surface area contributed by atoms with Crippen LogP contribution < -0.4 is 5.32 Å². The Labute approximate surface area is 129 Å². The number of aryl methyl sites for hydroxylation is 1. The highest BCUT2D eigenvalue weighted by Gasteiger charge is 2.09. The lowest BCUT2D eigenvalue weighted by molar-refractivity contribution is -0.118. The lowest BCUT2D eigenvalue weighted by Crippen LogP contribution is -2.17. The molecule has 0 unspecified atom stereocenters. The number of benzene rings is 1. The molecular formula is C18H19N3O. The molecule has 4 nitrogen and oxygen atoms in total.